The highest BCUT2D eigenvalue weighted by Gasteiger charge is 2.08. The average Bonchev–Trinajstić information content (AvgIpc) is 2.49. The first kappa shape index (κ1) is 15.3. The Hall–Kier alpha value is -2.07. The molecule has 110 valence electrons. The number of methoxy groups -OCH3 is 1. The van der Waals surface area contributed by atoms with Crippen molar-refractivity contribution < 1.29 is 4.74 Å². The molecule has 2 aromatic carbocycles. The minimum absolute atomic E-state index is 0.125. The molecule has 21 heavy (non-hydrogen) atoms. The molecule has 2 rings (SSSR count). The van der Waals surface area contributed by atoms with Gasteiger partial charge < -0.3 is 15.4 Å². The summed E-state index contributed by atoms with van der Waals surface area (Å²) in [5.41, 5.74) is 3.35. The van der Waals surface area contributed by atoms with Gasteiger partial charge in [0, 0.05) is 5.69 Å². The van der Waals surface area contributed by atoms with Gasteiger partial charge >= 0.3 is 0 Å². The Bertz CT molecular complexity index is 610. The summed E-state index contributed by atoms with van der Waals surface area (Å²) in [7, 11) is 1.66. The first-order valence-electron chi connectivity index (χ1n) is 6.87. The first-order valence-corrected chi connectivity index (χ1v) is 7.28. The number of hydrogen-bond donors (Lipinski definition) is 2. The van der Waals surface area contributed by atoms with Crippen LogP contribution in [0, 0.1) is 6.92 Å². The molecule has 2 aromatic rings. The van der Waals surface area contributed by atoms with E-state index in [4.69, 9.17) is 17.0 Å². The molecular weight excluding hydrogens is 280 g/mol. The van der Waals surface area contributed by atoms with Crippen molar-refractivity contribution in [1.29, 1.82) is 0 Å². The van der Waals surface area contributed by atoms with Crippen LogP contribution in [-0.4, -0.2) is 12.2 Å². The SMILES string of the molecule is COc1ccc([C@H](C)NC(=S)Nc2ccccc2C)cc1. The van der Waals surface area contributed by atoms with E-state index in [9.17, 15) is 0 Å². The summed E-state index contributed by atoms with van der Waals surface area (Å²) in [4.78, 5) is 0. The normalized spacial score (nSPS) is 11.6. The van der Waals surface area contributed by atoms with Gasteiger partial charge in [0.05, 0.1) is 13.2 Å². The lowest BCUT2D eigenvalue weighted by molar-refractivity contribution is 0.414. The molecule has 3 nitrogen and oxygen atoms in total. The van der Waals surface area contributed by atoms with Crippen LogP contribution < -0.4 is 15.4 Å². The third-order valence-electron chi connectivity index (χ3n) is 3.36. The first-order chi connectivity index (χ1) is 10.1. The standard InChI is InChI=1S/C17H20N2OS/c1-12-6-4-5-7-16(12)19-17(21)18-13(2)14-8-10-15(20-3)11-9-14/h4-11,13H,1-3H3,(H2,18,19,21)/t13-/m0/s1. The zero-order valence-corrected chi connectivity index (χ0v) is 13.3. The molecule has 0 saturated heterocycles. The average molecular weight is 300 g/mol. The monoisotopic (exact) mass is 300 g/mol. The van der Waals surface area contributed by atoms with E-state index in [1.807, 2.05) is 42.5 Å². The van der Waals surface area contributed by atoms with Crippen molar-refractivity contribution in [2.75, 3.05) is 12.4 Å². The smallest absolute Gasteiger partial charge is 0.171 e. The number of thiocarbonyl (C=S) groups is 1. The molecule has 0 unspecified atom stereocenters. The Morgan fingerprint density at radius 3 is 2.38 bits per heavy atom. The molecule has 0 fully saturated rings. The summed E-state index contributed by atoms with van der Waals surface area (Å²) in [6.07, 6.45) is 0. The summed E-state index contributed by atoms with van der Waals surface area (Å²) in [5.74, 6) is 0.853. The summed E-state index contributed by atoms with van der Waals surface area (Å²) < 4.78 is 5.16. The lowest BCUT2D eigenvalue weighted by atomic mass is 10.1. The highest BCUT2D eigenvalue weighted by atomic mass is 32.1. The van der Waals surface area contributed by atoms with Crippen molar-refractivity contribution in [2.24, 2.45) is 0 Å². The van der Waals surface area contributed by atoms with Crippen molar-refractivity contribution in [1.82, 2.24) is 5.32 Å². The molecular formula is C17H20N2OS. The van der Waals surface area contributed by atoms with Crippen LogP contribution in [0.5, 0.6) is 5.75 Å². The molecule has 0 aliphatic heterocycles. The van der Waals surface area contributed by atoms with Gasteiger partial charge in [-0.25, -0.2) is 0 Å². The summed E-state index contributed by atoms with van der Waals surface area (Å²) in [5, 5.41) is 7.14. The van der Waals surface area contributed by atoms with Crippen LogP contribution in [0.1, 0.15) is 24.1 Å². The van der Waals surface area contributed by atoms with Gasteiger partial charge in [-0.3, -0.25) is 0 Å². The van der Waals surface area contributed by atoms with Crippen LogP contribution in [0.25, 0.3) is 0 Å². The second-order valence-corrected chi connectivity index (χ2v) is 5.32. The number of ether oxygens (including phenoxy) is 1. The van der Waals surface area contributed by atoms with Crippen LogP contribution >= 0.6 is 12.2 Å². The fraction of sp³-hybridized carbons (Fsp3) is 0.235. The van der Waals surface area contributed by atoms with Crippen molar-refractivity contribution in [3.63, 3.8) is 0 Å². The van der Waals surface area contributed by atoms with Gasteiger partial charge in [-0.2, -0.15) is 0 Å². The largest absolute Gasteiger partial charge is 0.497 e. The third-order valence-corrected chi connectivity index (χ3v) is 3.58. The van der Waals surface area contributed by atoms with Gasteiger partial charge in [-0.1, -0.05) is 30.3 Å². The number of rotatable bonds is 4. The fourth-order valence-corrected chi connectivity index (χ4v) is 2.33. The summed E-state index contributed by atoms with van der Waals surface area (Å²) in [6.45, 7) is 4.13. The van der Waals surface area contributed by atoms with Crippen molar-refractivity contribution in [2.45, 2.75) is 19.9 Å². The van der Waals surface area contributed by atoms with E-state index < -0.39 is 0 Å². The molecule has 0 radical (unpaired) electrons. The Kier molecular flexibility index (Phi) is 5.17. The van der Waals surface area contributed by atoms with E-state index in [0.717, 1.165) is 17.0 Å². The predicted molar refractivity (Wildman–Crippen MR) is 91.9 cm³/mol. The van der Waals surface area contributed by atoms with E-state index in [2.05, 4.69) is 30.5 Å². The lowest BCUT2D eigenvalue weighted by Gasteiger charge is -2.18. The quantitative estimate of drug-likeness (QED) is 0.835. The Morgan fingerprint density at radius 1 is 1.10 bits per heavy atom. The molecule has 4 heteroatoms. The molecule has 2 N–H and O–H groups in total. The second kappa shape index (κ2) is 7.09. The van der Waals surface area contributed by atoms with E-state index >= 15 is 0 Å². The number of anilines is 1. The zero-order chi connectivity index (χ0) is 15.2. The predicted octanol–water partition coefficient (Wildman–Crippen LogP) is 4.05. The van der Waals surface area contributed by atoms with Crippen LogP contribution in [0.3, 0.4) is 0 Å². The molecule has 0 saturated carbocycles. The number of aryl methyl sites for hydroxylation is 1. The minimum atomic E-state index is 0.125. The van der Waals surface area contributed by atoms with Crippen molar-refractivity contribution in [3.8, 4) is 5.75 Å². The van der Waals surface area contributed by atoms with Gasteiger partial charge in [0.1, 0.15) is 5.75 Å². The highest BCUT2D eigenvalue weighted by molar-refractivity contribution is 7.80. The number of para-hydroxylation sites is 1. The summed E-state index contributed by atoms with van der Waals surface area (Å²) in [6, 6.07) is 16.2. The molecule has 0 spiro atoms. The third kappa shape index (κ3) is 4.20. The van der Waals surface area contributed by atoms with Crippen molar-refractivity contribution in [3.05, 3.63) is 59.7 Å². The van der Waals surface area contributed by atoms with Gasteiger partial charge in [-0.15, -0.1) is 0 Å². The zero-order valence-electron chi connectivity index (χ0n) is 12.5. The Morgan fingerprint density at radius 2 is 1.76 bits per heavy atom. The maximum atomic E-state index is 5.37. The maximum absolute atomic E-state index is 5.37. The van der Waals surface area contributed by atoms with Gasteiger partial charge in [0.25, 0.3) is 0 Å². The molecule has 0 aliphatic rings. The van der Waals surface area contributed by atoms with Crippen LogP contribution in [0.4, 0.5) is 5.69 Å². The Labute approximate surface area is 131 Å². The second-order valence-electron chi connectivity index (χ2n) is 4.91. The van der Waals surface area contributed by atoms with Gasteiger partial charge in [-0.05, 0) is 55.4 Å². The van der Waals surface area contributed by atoms with Crippen LogP contribution in [0.15, 0.2) is 48.5 Å². The lowest BCUT2D eigenvalue weighted by Crippen LogP contribution is -2.31. The molecule has 0 aromatic heterocycles. The van der Waals surface area contributed by atoms with E-state index in [0.29, 0.717) is 5.11 Å². The molecule has 0 bridgehead atoms. The summed E-state index contributed by atoms with van der Waals surface area (Å²) >= 11 is 5.37. The van der Waals surface area contributed by atoms with Crippen LogP contribution in [0.2, 0.25) is 0 Å². The maximum Gasteiger partial charge on any atom is 0.171 e. The van der Waals surface area contributed by atoms with Gasteiger partial charge in [0.2, 0.25) is 0 Å². The van der Waals surface area contributed by atoms with Crippen LogP contribution in [-0.2, 0) is 0 Å². The molecule has 0 amide bonds. The van der Waals surface area contributed by atoms with Gasteiger partial charge in [0.15, 0.2) is 5.11 Å². The van der Waals surface area contributed by atoms with Crippen molar-refractivity contribution >= 4 is 23.0 Å². The van der Waals surface area contributed by atoms with E-state index in [1.54, 1.807) is 7.11 Å². The molecule has 0 heterocycles. The number of benzene rings is 2. The Balaban J connectivity index is 1.97. The molecule has 0 aliphatic carbocycles. The highest BCUT2D eigenvalue weighted by Crippen LogP contribution is 2.18. The minimum Gasteiger partial charge on any atom is -0.497 e. The van der Waals surface area contributed by atoms with E-state index in [-0.39, 0.29) is 6.04 Å². The molecule has 1 atom stereocenters. The topological polar surface area (TPSA) is 33.3 Å². The number of hydrogen-bond acceptors (Lipinski definition) is 2. The van der Waals surface area contributed by atoms with E-state index in [1.165, 1.54) is 5.56 Å². The number of nitrogens with one attached hydrogen (secondary N) is 2. The fourth-order valence-electron chi connectivity index (χ4n) is 2.04.